The van der Waals surface area contributed by atoms with Crippen molar-refractivity contribution in [2.75, 3.05) is 0 Å². The van der Waals surface area contributed by atoms with Crippen LogP contribution in [-0.4, -0.2) is 4.98 Å². The van der Waals surface area contributed by atoms with Gasteiger partial charge in [-0.25, -0.2) is 4.98 Å². The summed E-state index contributed by atoms with van der Waals surface area (Å²) in [5.74, 6) is 0. The molecule has 0 unspecified atom stereocenters. The van der Waals surface area contributed by atoms with Crippen molar-refractivity contribution in [2.45, 2.75) is 6.17 Å². The first-order valence-corrected chi connectivity index (χ1v) is 4.14. The lowest BCUT2D eigenvalue weighted by molar-refractivity contribution is 0.746. The van der Waals surface area contributed by atoms with Crippen molar-refractivity contribution in [1.82, 2.24) is 4.98 Å². The molecule has 4 N–H and O–H groups in total. The highest BCUT2D eigenvalue weighted by atomic mass is 14.9. The Morgan fingerprint density at radius 1 is 1.00 bits per heavy atom. The van der Waals surface area contributed by atoms with E-state index < -0.39 is 6.17 Å². The Kier molecular flexibility index (Phi) is 1.96. The molecule has 1 aromatic carbocycles. The van der Waals surface area contributed by atoms with Crippen LogP contribution in [0.25, 0.3) is 10.9 Å². The molecule has 0 aliphatic heterocycles. The third-order valence-electron chi connectivity index (χ3n) is 1.96. The molecule has 1 heterocycles. The molecule has 3 nitrogen and oxygen atoms in total. The third kappa shape index (κ3) is 1.52. The zero-order chi connectivity index (χ0) is 9.26. The van der Waals surface area contributed by atoms with Gasteiger partial charge in [0.1, 0.15) is 0 Å². The second kappa shape index (κ2) is 3.12. The molecule has 2 rings (SSSR count). The molecule has 3 heteroatoms. The van der Waals surface area contributed by atoms with E-state index in [9.17, 15) is 0 Å². The van der Waals surface area contributed by atoms with Gasteiger partial charge in [-0.05, 0) is 12.1 Å². The molecule has 0 spiro atoms. The molecule has 13 heavy (non-hydrogen) atoms. The van der Waals surface area contributed by atoms with Gasteiger partial charge in [-0.1, -0.05) is 24.3 Å². The Bertz CT molecular complexity index is 423. The molecule has 0 fully saturated rings. The maximum absolute atomic E-state index is 5.52. The van der Waals surface area contributed by atoms with Crippen LogP contribution in [0.15, 0.2) is 36.4 Å². The zero-order valence-electron chi connectivity index (χ0n) is 7.14. The Labute approximate surface area is 76.4 Å². The van der Waals surface area contributed by atoms with Gasteiger partial charge >= 0.3 is 0 Å². The number of para-hydroxylation sites is 1. The third-order valence-corrected chi connectivity index (χ3v) is 1.96. The van der Waals surface area contributed by atoms with E-state index in [1.165, 1.54) is 0 Å². The predicted molar refractivity (Wildman–Crippen MR) is 52.9 cm³/mol. The largest absolute Gasteiger partial charge is 0.311 e. The molecule has 1 aromatic heterocycles. The highest BCUT2D eigenvalue weighted by molar-refractivity contribution is 5.78. The monoisotopic (exact) mass is 173 g/mol. The maximum Gasteiger partial charge on any atom is 0.0960 e. The van der Waals surface area contributed by atoms with Crippen LogP contribution in [0.1, 0.15) is 11.9 Å². The van der Waals surface area contributed by atoms with Crippen LogP contribution < -0.4 is 11.5 Å². The Balaban J connectivity index is 2.62. The van der Waals surface area contributed by atoms with Gasteiger partial charge in [-0.3, -0.25) is 0 Å². The SMILES string of the molecule is NC(N)c1ccc2ccccc2n1. The molecule has 0 aliphatic carbocycles. The molecule has 0 aliphatic rings. The number of pyridine rings is 1. The summed E-state index contributed by atoms with van der Waals surface area (Å²) in [5, 5.41) is 1.10. The van der Waals surface area contributed by atoms with E-state index in [0.29, 0.717) is 0 Å². The molecular weight excluding hydrogens is 162 g/mol. The van der Waals surface area contributed by atoms with Crippen LogP contribution in [0.2, 0.25) is 0 Å². The topological polar surface area (TPSA) is 64.9 Å². The fourth-order valence-electron chi connectivity index (χ4n) is 1.27. The standard InChI is InChI=1S/C10H11N3/c11-10(12)9-6-5-7-3-1-2-4-8(7)13-9/h1-6,10H,11-12H2. The molecular formula is C10H11N3. The smallest absolute Gasteiger partial charge is 0.0960 e. The van der Waals surface area contributed by atoms with Crippen molar-refractivity contribution >= 4 is 10.9 Å². The first-order valence-electron chi connectivity index (χ1n) is 4.14. The minimum absolute atomic E-state index is 0.496. The summed E-state index contributed by atoms with van der Waals surface area (Å²) < 4.78 is 0. The molecule has 0 bridgehead atoms. The van der Waals surface area contributed by atoms with Crippen molar-refractivity contribution in [3.63, 3.8) is 0 Å². The van der Waals surface area contributed by atoms with Gasteiger partial charge in [0.25, 0.3) is 0 Å². The summed E-state index contributed by atoms with van der Waals surface area (Å²) in [4.78, 5) is 4.32. The van der Waals surface area contributed by atoms with Crippen LogP contribution >= 0.6 is 0 Å². The van der Waals surface area contributed by atoms with Gasteiger partial charge < -0.3 is 11.5 Å². The van der Waals surface area contributed by atoms with Crippen LogP contribution in [0.3, 0.4) is 0 Å². The summed E-state index contributed by atoms with van der Waals surface area (Å²) >= 11 is 0. The van der Waals surface area contributed by atoms with E-state index in [0.717, 1.165) is 16.6 Å². The normalized spacial score (nSPS) is 11.0. The van der Waals surface area contributed by atoms with E-state index in [1.807, 2.05) is 36.4 Å². The Morgan fingerprint density at radius 3 is 2.54 bits per heavy atom. The molecule has 0 saturated carbocycles. The van der Waals surface area contributed by atoms with Crippen molar-refractivity contribution < 1.29 is 0 Å². The molecule has 0 saturated heterocycles. The summed E-state index contributed by atoms with van der Waals surface area (Å²) in [7, 11) is 0. The lowest BCUT2D eigenvalue weighted by Gasteiger charge is -2.05. The van der Waals surface area contributed by atoms with Crippen LogP contribution in [0.5, 0.6) is 0 Å². The van der Waals surface area contributed by atoms with Crippen LogP contribution in [0, 0.1) is 0 Å². The lowest BCUT2D eigenvalue weighted by Crippen LogP contribution is -2.21. The molecule has 0 radical (unpaired) electrons. The number of rotatable bonds is 1. The van der Waals surface area contributed by atoms with Gasteiger partial charge in [0.15, 0.2) is 0 Å². The van der Waals surface area contributed by atoms with Crippen LogP contribution in [-0.2, 0) is 0 Å². The fraction of sp³-hybridized carbons (Fsp3) is 0.100. The number of benzene rings is 1. The Morgan fingerprint density at radius 2 is 1.77 bits per heavy atom. The van der Waals surface area contributed by atoms with Crippen molar-refractivity contribution in [2.24, 2.45) is 11.5 Å². The quantitative estimate of drug-likeness (QED) is 0.636. The molecule has 2 aromatic rings. The minimum atomic E-state index is -0.496. The fourth-order valence-corrected chi connectivity index (χ4v) is 1.27. The number of aromatic nitrogens is 1. The van der Waals surface area contributed by atoms with Gasteiger partial charge in [0, 0.05) is 5.39 Å². The number of hydrogen-bond acceptors (Lipinski definition) is 3. The van der Waals surface area contributed by atoms with E-state index >= 15 is 0 Å². The highest BCUT2D eigenvalue weighted by Gasteiger charge is 2.01. The Hall–Kier alpha value is -1.45. The minimum Gasteiger partial charge on any atom is -0.311 e. The molecule has 0 amide bonds. The van der Waals surface area contributed by atoms with Gasteiger partial charge in [0.05, 0.1) is 17.4 Å². The van der Waals surface area contributed by atoms with E-state index in [1.54, 1.807) is 0 Å². The van der Waals surface area contributed by atoms with Crippen LogP contribution in [0.4, 0.5) is 0 Å². The van der Waals surface area contributed by atoms with Crippen molar-refractivity contribution in [1.29, 1.82) is 0 Å². The molecule has 66 valence electrons. The van der Waals surface area contributed by atoms with Crippen molar-refractivity contribution in [3.8, 4) is 0 Å². The zero-order valence-corrected chi connectivity index (χ0v) is 7.14. The van der Waals surface area contributed by atoms with Gasteiger partial charge in [0.2, 0.25) is 0 Å². The predicted octanol–water partition coefficient (Wildman–Crippen LogP) is 1.15. The number of fused-ring (bicyclic) bond motifs is 1. The highest BCUT2D eigenvalue weighted by Crippen LogP contribution is 2.12. The maximum atomic E-state index is 5.52. The average Bonchev–Trinajstić information content (AvgIpc) is 2.17. The molecule has 0 atom stereocenters. The summed E-state index contributed by atoms with van der Waals surface area (Å²) in [5.41, 5.74) is 12.7. The number of hydrogen-bond donors (Lipinski definition) is 2. The summed E-state index contributed by atoms with van der Waals surface area (Å²) in [6, 6.07) is 11.7. The second-order valence-corrected chi connectivity index (χ2v) is 2.95. The van der Waals surface area contributed by atoms with E-state index in [4.69, 9.17) is 11.5 Å². The van der Waals surface area contributed by atoms with E-state index in [2.05, 4.69) is 4.98 Å². The van der Waals surface area contributed by atoms with Crippen molar-refractivity contribution in [3.05, 3.63) is 42.1 Å². The summed E-state index contributed by atoms with van der Waals surface area (Å²) in [6.07, 6.45) is -0.496. The van der Waals surface area contributed by atoms with Gasteiger partial charge in [-0.15, -0.1) is 0 Å². The second-order valence-electron chi connectivity index (χ2n) is 2.95. The lowest BCUT2D eigenvalue weighted by atomic mass is 10.2. The summed E-state index contributed by atoms with van der Waals surface area (Å²) in [6.45, 7) is 0. The van der Waals surface area contributed by atoms with E-state index in [-0.39, 0.29) is 0 Å². The van der Waals surface area contributed by atoms with Gasteiger partial charge in [-0.2, -0.15) is 0 Å². The number of nitrogens with two attached hydrogens (primary N) is 2. The number of nitrogens with zero attached hydrogens (tertiary/aromatic N) is 1. The first-order chi connectivity index (χ1) is 6.27. The first kappa shape index (κ1) is 8.16. The average molecular weight is 173 g/mol.